The molecule has 2 aliphatic heterocycles. The zero-order chi connectivity index (χ0) is 22.5. The number of amides is 1. The molecule has 0 spiro atoms. The van der Waals surface area contributed by atoms with Crippen molar-refractivity contribution in [2.45, 2.75) is 76.2 Å². The van der Waals surface area contributed by atoms with Crippen LogP contribution in [0.1, 0.15) is 61.8 Å². The van der Waals surface area contributed by atoms with Gasteiger partial charge in [-0.25, -0.2) is 0 Å². The fourth-order valence-electron chi connectivity index (χ4n) is 6.73. The number of pyridine rings is 1. The van der Waals surface area contributed by atoms with Crippen molar-refractivity contribution in [2.75, 3.05) is 26.8 Å². The number of carbonyl (C=O) groups excluding carboxylic acids is 1. The van der Waals surface area contributed by atoms with Gasteiger partial charge >= 0.3 is 6.18 Å². The maximum Gasteiger partial charge on any atom is 0.417 e. The number of aromatic nitrogens is 1. The van der Waals surface area contributed by atoms with Crippen molar-refractivity contribution in [1.82, 2.24) is 14.8 Å². The molecule has 4 aliphatic rings. The Morgan fingerprint density at radius 2 is 2.03 bits per heavy atom. The van der Waals surface area contributed by atoms with Crippen LogP contribution >= 0.6 is 0 Å². The van der Waals surface area contributed by atoms with Crippen molar-refractivity contribution >= 4 is 5.91 Å². The van der Waals surface area contributed by atoms with E-state index in [-0.39, 0.29) is 17.9 Å². The largest absolute Gasteiger partial charge is 0.417 e. The Bertz CT molecular complexity index is 871. The summed E-state index contributed by atoms with van der Waals surface area (Å²) in [4.78, 5) is 22.2. The lowest BCUT2D eigenvalue weighted by Gasteiger charge is -2.39. The molecule has 1 saturated heterocycles. The van der Waals surface area contributed by atoms with Crippen LogP contribution in [0, 0.1) is 11.3 Å². The van der Waals surface area contributed by atoms with Gasteiger partial charge in [-0.1, -0.05) is 6.42 Å². The summed E-state index contributed by atoms with van der Waals surface area (Å²) in [6, 6.07) is 2.08. The Labute approximate surface area is 187 Å². The van der Waals surface area contributed by atoms with Gasteiger partial charge in [-0.2, -0.15) is 13.2 Å². The number of hydrogen-bond acceptors (Lipinski definition) is 4. The Kier molecular flexibility index (Phi) is 5.73. The molecular formula is C24H32F3N3O2. The van der Waals surface area contributed by atoms with Crippen molar-refractivity contribution in [3.63, 3.8) is 0 Å². The number of carbonyl (C=O) groups is 1. The fraction of sp³-hybridized carbons (Fsp3) is 0.750. The lowest BCUT2D eigenvalue weighted by molar-refractivity contribution is -0.144. The minimum atomic E-state index is -4.42. The average Bonchev–Trinajstić information content (AvgIpc) is 3.36. The smallest absolute Gasteiger partial charge is 0.381 e. The van der Waals surface area contributed by atoms with Crippen LogP contribution in [0.25, 0.3) is 0 Å². The molecule has 1 aromatic rings. The van der Waals surface area contributed by atoms with Crippen LogP contribution in [-0.4, -0.2) is 59.6 Å². The lowest BCUT2D eigenvalue weighted by Crippen LogP contribution is -2.47. The van der Waals surface area contributed by atoms with Gasteiger partial charge < -0.3 is 14.5 Å². The topological polar surface area (TPSA) is 45.7 Å². The van der Waals surface area contributed by atoms with E-state index in [9.17, 15) is 18.0 Å². The molecule has 3 unspecified atom stereocenters. The summed E-state index contributed by atoms with van der Waals surface area (Å²) in [5.74, 6) is 0.536. The number of nitrogens with zero attached hydrogens (tertiary/aromatic N) is 3. The molecule has 32 heavy (non-hydrogen) atoms. The van der Waals surface area contributed by atoms with Crippen LogP contribution in [-0.2, 0) is 28.7 Å². The molecule has 2 saturated carbocycles. The molecule has 0 bridgehead atoms. The molecule has 1 aromatic heterocycles. The van der Waals surface area contributed by atoms with Gasteiger partial charge in [0.15, 0.2) is 0 Å². The minimum Gasteiger partial charge on any atom is -0.381 e. The van der Waals surface area contributed by atoms with Gasteiger partial charge in [0, 0.05) is 56.7 Å². The Balaban J connectivity index is 1.33. The predicted molar refractivity (Wildman–Crippen MR) is 113 cm³/mol. The first-order valence-electron chi connectivity index (χ1n) is 11.9. The monoisotopic (exact) mass is 451 g/mol. The molecule has 2 aliphatic carbocycles. The van der Waals surface area contributed by atoms with Gasteiger partial charge in [0.25, 0.3) is 0 Å². The highest BCUT2D eigenvalue weighted by Crippen LogP contribution is 2.56. The molecule has 1 amide bonds. The van der Waals surface area contributed by atoms with Crippen LogP contribution in [0.3, 0.4) is 0 Å². The first-order chi connectivity index (χ1) is 15.3. The Hall–Kier alpha value is -1.67. The van der Waals surface area contributed by atoms with Crippen LogP contribution in [0.15, 0.2) is 12.3 Å². The molecule has 176 valence electrons. The molecule has 0 radical (unpaired) electrons. The van der Waals surface area contributed by atoms with Crippen molar-refractivity contribution in [2.24, 2.45) is 11.3 Å². The number of hydrogen-bond donors (Lipinski definition) is 0. The Morgan fingerprint density at radius 1 is 1.25 bits per heavy atom. The van der Waals surface area contributed by atoms with E-state index in [0.717, 1.165) is 64.4 Å². The van der Waals surface area contributed by atoms with Crippen LogP contribution in [0.5, 0.6) is 0 Å². The highest BCUT2D eigenvalue weighted by Gasteiger charge is 2.57. The van der Waals surface area contributed by atoms with Gasteiger partial charge in [0.2, 0.25) is 5.91 Å². The highest BCUT2D eigenvalue weighted by molar-refractivity contribution is 5.84. The second kappa shape index (κ2) is 8.28. The molecule has 3 atom stereocenters. The molecule has 5 rings (SSSR count). The van der Waals surface area contributed by atoms with Gasteiger partial charge in [-0.15, -0.1) is 0 Å². The summed E-state index contributed by atoms with van der Waals surface area (Å²) >= 11 is 0. The number of rotatable bonds is 3. The van der Waals surface area contributed by atoms with Crippen molar-refractivity contribution in [1.29, 1.82) is 0 Å². The van der Waals surface area contributed by atoms with E-state index in [1.54, 1.807) is 0 Å². The third kappa shape index (κ3) is 3.83. The predicted octanol–water partition coefficient (Wildman–Crippen LogP) is 4.04. The van der Waals surface area contributed by atoms with E-state index in [1.165, 1.54) is 6.07 Å². The van der Waals surface area contributed by atoms with E-state index in [2.05, 4.69) is 16.9 Å². The fourth-order valence-corrected chi connectivity index (χ4v) is 6.73. The summed E-state index contributed by atoms with van der Waals surface area (Å²) in [7, 11) is 2.20. The highest BCUT2D eigenvalue weighted by atomic mass is 19.4. The van der Waals surface area contributed by atoms with Crippen molar-refractivity contribution in [3.05, 3.63) is 29.1 Å². The number of alkyl halides is 3. The van der Waals surface area contributed by atoms with E-state index in [0.29, 0.717) is 42.2 Å². The maximum absolute atomic E-state index is 13.9. The standard InChI is InChI=1S/C24H32F3N3O2/c1-29(19-5-9-32-10-6-19)20-12-17-3-2-7-23(17,13-20)22(31)30-8-4-21-16(15-30)11-18(14-28-21)24(25,26)27/h11,14,17,19-20H,2-10,12-13,15H2,1H3. The molecule has 5 nitrogen and oxygen atoms in total. The lowest BCUT2D eigenvalue weighted by atomic mass is 9.78. The minimum absolute atomic E-state index is 0.158. The molecule has 3 fully saturated rings. The number of ether oxygens (including phenoxy) is 1. The molecule has 8 heteroatoms. The maximum atomic E-state index is 13.9. The third-order valence-corrected chi connectivity index (χ3v) is 8.54. The van der Waals surface area contributed by atoms with E-state index in [1.807, 2.05) is 4.90 Å². The first-order valence-corrected chi connectivity index (χ1v) is 11.9. The van der Waals surface area contributed by atoms with Gasteiger partial charge in [0.1, 0.15) is 0 Å². The first kappa shape index (κ1) is 22.1. The summed E-state index contributed by atoms with van der Waals surface area (Å²) in [5.41, 5.74) is 0.142. The summed E-state index contributed by atoms with van der Waals surface area (Å²) < 4.78 is 45.0. The summed E-state index contributed by atoms with van der Waals surface area (Å²) in [6.45, 7) is 2.38. The zero-order valence-electron chi connectivity index (χ0n) is 18.7. The van der Waals surface area contributed by atoms with Gasteiger partial charge in [-0.3, -0.25) is 9.78 Å². The van der Waals surface area contributed by atoms with Crippen molar-refractivity contribution in [3.8, 4) is 0 Å². The second-order valence-electron chi connectivity index (χ2n) is 10.2. The second-order valence-corrected chi connectivity index (χ2v) is 10.2. The SMILES string of the molecule is CN(C1CCOCC1)C1CC2CCCC2(C(=O)N2CCc3ncc(C(F)(F)F)cc3C2)C1. The summed E-state index contributed by atoms with van der Waals surface area (Å²) in [5, 5.41) is 0. The molecular weight excluding hydrogens is 419 g/mol. The van der Waals surface area contributed by atoms with Crippen LogP contribution in [0.2, 0.25) is 0 Å². The third-order valence-electron chi connectivity index (χ3n) is 8.54. The zero-order valence-corrected chi connectivity index (χ0v) is 18.7. The normalized spacial score (nSPS) is 31.1. The van der Waals surface area contributed by atoms with E-state index in [4.69, 9.17) is 4.74 Å². The number of fused-ring (bicyclic) bond motifs is 2. The average molecular weight is 452 g/mol. The number of halogens is 3. The van der Waals surface area contributed by atoms with E-state index < -0.39 is 11.7 Å². The van der Waals surface area contributed by atoms with E-state index >= 15 is 0 Å². The molecule has 0 N–H and O–H groups in total. The quantitative estimate of drug-likeness (QED) is 0.696. The summed E-state index contributed by atoms with van der Waals surface area (Å²) in [6.07, 6.45) is 4.05. The molecule has 0 aromatic carbocycles. The van der Waals surface area contributed by atoms with Crippen LogP contribution in [0.4, 0.5) is 13.2 Å². The van der Waals surface area contributed by atoms with Crippen molar-refractivity contribution < 1.29 is 22.7 Å². The van der Waals surface area contributed by atoms with Crippen LogP contribution < -0.4 is 0 Å². The molecule has 3 heterocycles. The van der Waals surface area contributed by atoms with Gasteiger partial charge in [0.05, 0.1) is 11.0 Å². The van der Waals surface area contributed by atoms with Gasteiger partial charge in [-0.05, 0) is 63.1 Å². The Morgan fingerprint density at radius 3 is 2.78 bits per heavy atom.